The summed E-state index contributed by atoms with van der Waals surface area (Å²) in [6.07, 6.45) is 5.43. The van der Waals surface area contributed by atoms with Crippen LogP contribution in [0.25, 0.3) is 0 Å². The van der Waals surface area contributed by atoms with Crippen LogP contribution in [0.1, 0.15) is 45.4 Å². The van der Waals surface area contributed by atoms with Gasteiger partial charge in [-0.15, -0.1) is 0 Å². The van der Waals surface area contributed by atoms with Gasteiger partial charge in [0.1, 0.15) is 0 Å². The van der Waals surface area contributed by atoms with E-state index in [0.29, 0.717) is 19.4 Å². The van der Waals surface area contributed by atoms with Gasteiger partial charge in [-0.25, -0.2) is 0 Å². The standard InChI is InChI=1S/C15H25NO4/c1-10-8-12(13(9-10)15(19)20)14(18)16(6-7-17)11-4-2-3-5-11/h10-13,17H,2-9H2,1H3,(H,19,20)/t10?,12-,13+/m0/s1. The van der Waals surface area contributed by atoms with E-state index in [4.69, 9.17) is 0 Å². The Hall–Kier alpha value is -1.10. The molecule has 2 N–H and O–H groups in total. The molecule has 0 heterocycles. The van der Waals surface area contributed by atoms with Crippen molar-refractivity contribution in [3.63, 3.8) is 0 Å². The number of rotatable bonds is 5. The minimum Gasteiger partial charge on any atom is -0.481 e. The second kappa shape index (κ2) is 6.57. The van der Waals surface area contributed by atoms with E-state index in [1.165, 1.54) is 0 Å². The van der Waals surface area contributed by atoms with E-state index in [2.05, 4.69) is 0 Å². The third-order valence-corrected chi connectivity index (χ3v) is 4.82. The number of carboxylic acid groups (broad SMARTS) is 1. The summed E-state index contributed by atoms with van der Waals surface area (Å²) in [5.74, 6) is -1.59. The highest BCUT2D eigenvalue weighted by Crippen LogP contribution is 2.38. The number of hydrogen-bond acceptors (Lipinski definition) is 3. The maximum absolute atomic E-state index is 12.7. The van der Waals surface area contributed by atoms with Crippen LogP contribution in [0.2, 0.25) is 0 Å². The smallest absolute Gasteiger partial charge is 0.307 e. The first kappa shape index (κ1) is 15.3. The van der Waals surface area contributed by atoms with Gasteiger partial charge in [0.05, 0.1) is 18.4 Å². The minimum absolute atomic E-state index is 0.0531. The van der Waals surface area contributed by atoms with Gasteiger partial charge < -0.3 is 15.1 Å². The van der Waals surface area contributed by atoms with Gasteiger partial charge >= 0.3 is 5.97 Å². The van der Waals surface area contributed by atoms with Gasteiger partial charge in [0.15, 0.2) is 0 Å². The van der Waals surface area contributed by atoms with Crippen molar-refractivity contribution >= 4 is 11.9 Å². The Morgan fingerprint density at radius 3 is 2.30 bits per heavy atom. The van der Waals surface area contributed by atoms with E-state index in [1.807, 2.05) is 6.92 Å². The van der Waals surface area contributed by atoms with E-state index in [1.54, 1.807) is 4.90 Å². The molecule has 2 fully saturated rings. The highest BCUT2D eigenvalue weighted by Gasteiger charge is 2.44. The number of aliphatic hydroxyl groups excluding tert-OH is 1. The molecule has 2 aliphatic rings. The summed E-state index contributed by atoms with van der Waals surface area (Å²) in [6, 6.07) is 0.194. The fourth-order valence-electron chi connectivity index (χ4n) is 3.85. The fraction of sp³-hybridized carbons (Fsp3) is 0.867. The summed E-state index contributed by atoms with van der Waals surface area (Å²) in [5.41, 5.74) is 0. The zero-order valence-corrected chi connectivity index (χ0v) is 12.1. The molecule has 2 aliphatic carbocycles. The monoisotopic (exact) mass is 283 g/mol. The summed E-state index contributed by atoms with van der Waals surface area (Å²) >= 11 is 0. The molecule has 0 bridgehead atoms. The number of aliphatic carboxylic acids is 1. The first-order valence-electron chi connectivity index (χ1n) is 7.68. The Balaban J connectivity index is 2.11. The summed E-state index contributed by atoms with van der Waals surface area (Å²) < 4.78 is 0. The van der Waals surface area contributed by atoms with Crippen molar-refractivity contribution in [2.24, 2.45) is 17.8 Å². The molecule has 114 valence electrons. The number of carbonyl (C=O) groups excluding carboxylic acids is 1. The summed E-state index contributed by atoms with van der Waals surface area (Å²) in [7, 11) is 0. The van der Waals surface area contributed by atoms with Gasteiger partial charge in [-0.2, -0.15) is 0 Å². The van der Waals surface area contributed by atoms with Crippen LogP contribution in [0, 0.1) is 17.8 Å². The molecular weight excluding hydrogens is 258 g/mol. The van der Waals surface area contributed by atoms with Crippen LogP contribution in [0.3, 0.4) is 0 Å². The molecule has 1 unspecified atom stereocenters. The normalized spacial score (nSPS) is 30.6. The molecule has 2 saturated carbocycles. The van der Waals surface area contributed by atoms with Gasteiger partial charge in [-0.1, -0.05) is 19.8 Å². The van der Waals surface area contributed by atoms with Gasteiger partial charge in [0.25, 0.3) is 0 Å². The summed E-state index contributed by atoms with van der Waals surface area (Å²) in [5, 5.41) is 18.5. The number of amides is 1. The topological polar surface area (TPSA) is 77.8 Å². The first-order chi connectivity index (χ1) is 9.54. The lowest BCUT2D eigenvalue weighted by molar-refractivity contribution is -0.150. The highest BCUT2D eigenvalue weighted by atomic mass is 16.4. The van der Waals surface area contributed by atoms with Crippen LogP contribution >= 0.6 is 0 Å². The maximum atomic E-state index is 12.7. The maximum Gasteiger partial charge on any atom is 0.307 e. The lowest BCUT2D eigenvalue weighted by Gasteiger charge is -2.32. The van der Waals surface area contributed by atoms with Crippen molar-refractivity contribution in [1.82, 2.24) is 4.90 Å². The van der Waals surface area contributed by atoms with E-state index >= 15 is 0 Å². The van der Waals surface area contributed by atoms with Crippen molar-refractivity contribution < 1.29 is 19.8 Å². The predicted molar refractivity (Wildman–Crippen MR) is 74.1 cm³/mol. The van der Waals surface area contributed by atoms with Crippen molar-refractivity contribution in [3.05, 3.63) is 0 Å². The van der Waals surface area contributed by atoms with Crippen molar-refractivity contribution in [2.45, 2.75) is 51.5 Å². The second-order valence-electron chi connectivity index (χ2n) is 6.32. The molecule has 0 spiro atoms. The largest absolute Gasteiger partial charge is 0.481 e. The lowest BCUT2D eigenvalue weighted by Crippen LogP contribution is -2.45. The molecule has 0 aromatic heterocycles. The zero-order chi connectivity index (χ0) is 14.7. The van der Waals surface area contributed by atoms with Gasteiger partial charge in [0, 0.05) is 12.6 Å². The molecule has 0 aromatic carbocycles. The third-order valence-electron chi connectivity index (χ3n) is 4.82. The summed E-state index contributed by atoms with van der Waals surface area (Å²) in [6.45, 7) is 2.29. The molecule has 5 heteroatoms. The van der Waals surface area contributed by atoms with E-state index in [9.17, 15) is 19.8 Å². The van der Waals surface area contributed by atoms with Crippen molar-refractivity contribution in [3.8, 4) is 0 Å². The Bertz CT molecular complexity index is 365. The second-order valence-corrected chi connectivity index (χ2v) is 6.32. The Morgan fingerprint density at radius 1 is 1.15 bits per heavy atom. The number of nitrogens with zero attached hydrogens (tertiary/aromatic N) is 1. The zero-order valence-electron chi connectivity index (χ0n) is 12.1. The van der Waals surface area contributed by atoms with Gasteiger partial charge in [-0.3, -0.25) is 9.59 Å². The van der Waals surface area contributed by atoms with Crippen LogP contribution in [-0.4, -0.2) is 46.2 Å². The van der Waals surface area contributed by atoms with Gasteiger partial charge in [-0.05, 0) is 31.6 Å². The van der Waals surface area contributed by atoms with E-state index < -0.39 is 17.8 Å². The first-order valence-corrected chi connectivity index (χ1v) is 7.68. The molecule has 3 atom stereocenters. The average molecular weight is 283 g/mol. The molecule has 20 heavy (non-hydrogen) atoms. The molecular formula is C15H25NO4. The predicted octanol–water partition coefficient (Wildman–Crippen LogP) is 1.50. The fourth-order valence-corrected chi connectivity index (χ4v) is 3.85. The number of aliphatic hydroxyl groups is 1. The Kier molecular flexibility index (Phi) is 5.02. The molecule has 5 nitrogen and oxygen atoms in total. The van der Waals surface area contributed by atoms with Crippen LogP contribution in [0.15, 0.2) is 0 Å². The van der Waals surface area contributed by atoms with Crippen molar-refractivity contribution in [2.75, 3.05) is 13.2 Å². The number of carbonyl (C=O) groups is 2. The third kappa shape index (κ3) is 3.14. The SMILES string of the molecule is CC1C[C@H](C(=O)N(CCO)C2CCCC2)[C@H](C(=O)O)C1. The molecule has 1 amide bonds. The van der Waals surface area contributed by atoms with Crippen LogP contribution in [0.5, 0.6) is 0 Å². The van der Waals surface area contributed by atoms with E-state index in [0.717, 1.165) is 25.7 Å². The average Bonchev–Trinajstić information content (AvgIpc) is 3.04. The molecule has 0 aromatic rings. The van der Waals surface area contributed by atoms with Crippen LogP contribution in [0.4, 0.5) is 0 Å². The highest BCUT2D eigenvalue weighted by molar-refractivity contribution is 5.85. The van der Waals surface area contributed by atoms with Gasteiger partial charge in [0.2, 0.25) is 5.91 Å². The molecule has 0 aliphatic heterocycles. The molecule has 0 radical (unpaired) electrons. The Morgan fingerprint density at radius 2 is 1.75 bits per heavy atom. The van der Waals surface area contributed by atoms with Crippen LogP contribution < -0.4 is 0 Å². The van der Waals surface area contributed by atoms with Crippen molar-refractivity contribution in [1.29, 1.82) is 0 Å². The minimum atomic E-state index is -0.858. The molecule has 2 rings (SSSR count). The summed E-state index contributed by atoms with van der Waals surface area (Å²) in [4.78, 5) is 25.8. The van der Waals surface area contributed by atoms with E-state index in [-0.39, 0.29) is 24.5 Å². The van der Waals surface area contributed by atoms with Crippen LogP contribution in [-0.2, 0) is 9.59 Å². The number of hydrogen-bond donors (Lipinski definition) is 2. The number of carboxylic acids is 1. The quantitative estimate of drug-likeness (QED) is 0.801. The molecule has 0 saturated heterocycles. The lowest BCUT2D eigenvalue weighted by atomic mass is 9.94. The Labute approximate surface area is 120 Å².